The third-order valence-corrected chi connectivity index (χ3v) is 3.39. The monoisotopic (exact) mass is 252 g/mol. The normalized spacial score (nSPS) is 16.0. The van der Waals surface area contributed by atoms with E-state index in [1.807, 2.05) is 6.92 Å². The van der Waals surface area contributed by atoms with Crippen molar-refractivity contribution in [2.45, 2.75) is 39.2 Å². The van der Waals surface area contributed by atoms with E-state index < -0.39 is 0 Å². The second-order valence-corrected chi connectivity index (χ2v) is 5.35. The van der Waals surface area contributed by atoms with E-state index in [0.717, 1.165) is 36.2 Å². The lowest BCUT2D eigenvalue weighted by Crippen LogP contribution is -2.38. The molecule has 1 heterocycles. The van der Waals surface area contributed by atoms with Crippen molar-refractivity contribution < 1.29 is 0 Å². The van der Waals surface area contributed by atoms with Crippen LogP contribution >= 0.6 is 11.3 Å². The summed E-state index contributed by atoms with van der Waals surface area (Å²) in [5.41, 5.74) is 1.15. The van der Waals surface area contributed by atoms with E-state index in [1.165, 1.54) is 12.8 Å². The smallest absolute Gasteiger partial charge is 0.191 e. The summed E-state index contributed by atoms with van der Waals surface area (Å²) in [6.45, 7) is 5.84. The number of nitrogens with one attached hydrogen (secondary N) is 2. The van der Waals surface area contributed by atoms with Crippen LogP contribution < -0.4 is 10.6 Å². The van der Waals surface area contributed by atoms with Gasteiger partial charge < -0.3 is 10.6 Å². The largest absolute Gasteiger partial charge is 0.357 e. The van der Waals surface area contributed by atoms with Crippen LogP contribution in [0.4, 0.5) is 0 Å². The maximum Gasteiger partial charge on any atom is 0.191 e. The van der Waals surface area contributed by atoms with Gasteiger partial charge in [0.15, 0.2) is 5.96 Å². The molecular weight excluding hydrogens is 232 g/mol. The van der Waals surface area contributed by atoms with Crippen molar-refractivity contribution in [1.29, 1.82) is 0 Å². The number of rotatable bonds is 5. The van der Waals surface area contributed by atoms with Crippen LogP contribution in [-0.2, 0) is 6.42 Å². The molecule has 4 nitrogen and oxygen atoms in total. The van der Waals surface area contributed by atoms with Crippen LogP contribution in [0.2, 0.25) is 0 Å². The van der Waals surface area contributed by atoms with Crippen LogP contribution in [-0.4, -0.2) is 30.1 Å². The first-order valence-corrected chi connectivity index (χ1v) is 7.11. The Morgan fingerprint density at radius 1 is 1.59 bits per heavy atom. The highest BCUT2D eigenvalue weighted by molar-refractivity contribution is 7.09. The lowest BCUT2D eigenvalue weighted by molar-refractivity contribution is 0.805. The number of guanidine groups is 1. The molecule has 2 N–H and O–H groups in total. The first-order valence-electron chi connectivity index (χ1n) is 6.23. The summed E-state index contributed by atoms with van der Waals surface area (Å²) in [7, 11) is 0. The summed E-state index contributed by atoms with van der Waals surface area (Å²) in [6.07, 6.45) is 3.47. The molecule has 0 unspecified atom stereocenters. The number of nitrogens with zero attached hydrogens (tertiary/aromatic N) is 2. The average Bonchev–Trinajstić information content (AvgIpc) is 3.01. The van der Waals surface area contributed by atoms with E-state index in [1.54, 1.807) is 11.3 Å². The molecule has 1 aliphatic carbocycles. The van der Waals surface area contributed by atoms with Crippen molar-refractivity contribution >= 4 is 17.3 Å². The van der Waals surface area contributed by atoms with E-state index in [0.29, 0.717) is 6.04 Å². The minimum Gasteiger partial charge on any atom is -0.357 e. The lowest BCUT2D eigenvalue weighted by atomic mass is 10.3. The maximum atomic E-state index is 4.56. The Morgan fingerprint density at radius 3 is 3.00 bits per heavy atom. The molecule has 1 aromatic heterocycles. The molecule has 0 spiro atoms. The second-order valence-electron chi connectivity index (χ2n) is 4.29. The van der Waals surface area contributed by atoms with Gasteiger partial charge in [-0.2, -0.15) is 0 Å². The third-order valence-electron chi connectivity index (χ3n) is 2.57. The minimum atomic E-state index is 0.648. The van der Waals surface area contributed by atoms with Gasteiger partial charge in [0, 0.05) is 30.9 Å². The van der Waals surface area contributed by atoms with E-state index in [-0.39, 0.29) is 0 Å². The molecule has 1 saturated carbocycles. The Morgan fingerprint density at radius 2 is 2.41 bits per heavy atom. The molecule has 0 atom stereocenters. The van der Waals surface area contributed by atoms with Gasteiger partial charge in [-0.15, -0.1) is 11.3 Å². The SMILES string of the molecule is CCNC(=NCCc1csc(C)n1)NC1CC1. The Bertz CT molecular complexity index is 382. The van der Waals surface area contributed by atoms with Gasteiger partial charge in [0.25, 0.3) is 0 Å². The fraction of sp³-hybridized carbons (Fsp3) is 0.667. The number of aromatic nitrogens is 1. The van der Waals surface area contributed by atoms with Gasteiger partial charge in [-0.25, -0.2) is 4.98 Å². The van der Waals surface area contributed by atoms with Gasteiger partial charge in [0.2, 0.25) is 0 Å². The first-order chi connectivity index (χ1) is 8.28. The zero-order valence-corrected chi connectivity index (χ0v) is 11.3. The standard InChI is InChI=1S/C12H20N4S/c1-3-13-12(16-10-4-5-10)14-7-6-11-8-17-9(2)15-11/h8,10H,3-7H2,1-2H3,(H2,13,14,16). The number of thiazole rings is 1. The molecule has 0 radical (unpaired) electrons. The van der Waals surface area contributed by atoms with E-state index in [4.69, 9.17) is 0 Å². The molecule has 2 rings (SSSR count). The quantitative estimate of drug-likeness (QED) is 0.619. The van der Waals surface area contributed by atoms with E-state index in [9.17, 15) is 0 Å². The predicted octanol–water partition coefficient (Wildman–Crippen LogP) is 1.71. The Labute approximate surface area is 107 Å². The fourth-order valence-corrected chi connectivity index (χ4v) is 2.19. The van der Waals surface area contributed by atoms with E-state index in [2.05, 4.69) is 32.9 Å². The van der Waals surface area contributed by atoms with Gasteiger partial charge in [-0.3, -0.25) is 4.99 Å². The molecule has 5 heteroatoms. The average molecular weight is 252 g/mol. The summed E-state index contributed by atoms with van der Waals surface area (Å²) in [5, 5.41) is 9.92. The van der Waals surface area contributed by atoms with Gasteiger partial charge >= 0.3 is 0 Å². The summed E-state index contributed by atoms with van der Waals surface area (Å²) in [5.74, 6) is 0.946. The Kier molecular flexibility index (Phi) is 4.36. The number of aliphatic imine (C=N–C) groups is 1. The van der Waals surface area contributed by atoms with Crippen LogP contribution in [0, 0.1) is 6.92 Å². The summed E-state index contributed by atoms with van der Waals surface area (Å²) in [6, 6.07) is 0.648. The molecule has 94 valence electrons. The maximum absolute atomic E-state index is 4.56. The highest BCUT2D eigenvalue weighted by Gasteiger charge is 2.21. The molecule has 1 fully saturated rings. The zero-order chi connectivity index (χ0) is 12.1. The fourth-order valence-electron chi connectivity index (χ4n) is 1.55. The zero-order valence-electron chi connectivity index (χ0n) is 10.5. The molecule has 1 aliphatic rings. The van der Waals surface area contributed by atoms with Crippen LogP contribution in [0.3, 0.4) is 0 Å². The molecule has 17 heavy (non-hydrogen) atoms. The number of hydrogen-bond acceptors (Lipinski definition) is 3. The van der Waals surface area contributed by atoms with Crippen LogP contribution in [0.1, 0.15) is 30.5 Å². The topological polar surface area (TPSA) is 49.3 Å². The lowest BCUT2D eigenvalue weighted by Gasteiger charge is -2.09. The van der Waals surface area contributed by atoms with Crippen molar-refractivity contribution in [1.82, 2.24) is 15.6 Å². The van der Waals surface area contributed by atoms with Crippen molar-refractivity contribution in [3.05, 3.63) is 16.1 Å². The molecule has 0 aliphatic heterocycles. The molecular formula is C12H20N4S. The number of aryl methyl sites for hydroxylation is 1. The Balaban J connectivity index is 1.79. The molecule has 0 amide bonds. The number of hydrogen-bond donors (Lipinski definition) is 2. The van der Waals surface area contributed by atoms with Gasteiger partial charge in [-0.1, -0.05) is 0 Å². The third kappa shape index (κ3) is 4.34. The molecule has 0 bridgehead atoms. The van der Waals surface area contributed by atoms with Crippen LogP contribution in [0.15, 0.2) is 10.4 Å². The summed E-state index contributed by atoms with van der Waals surface area (Å²) in [4.78, 5) is 8.99. The van der Waals surface area contributed by atoms with Crippen LogP contribution in [0.5, 0.6) is 0 Å². The summed E-state index contributed by atoms with van der Waals surface area (Å²) >= 11 is 1.70. The van der Waals surface area contributed by atoms with Crippen molar-refractivity contribution in [3.8, 4) is 0 Å². The van der Waals surface area contributed by atoms with E-state index >= 15 is 0 Å². The molecule has 1 aromatic rings. The van der Waals surface area contributed by atoms with Crippen LogP contribution in [0.25, 0.3) is 0 Å². The van der Waals surface area contributed by atoms with Gasteiger partial charge in [-0.05, 0) is 26.7 Å². The minimum absolute atomic E-state index is 0.648. The van der Waals surface area contributed by atoms with Crippen molar-refractivity contribution in [3.63, 3.8) is 0 Å². The first kappa shape index (κ1) is 12.4. The van der Waals surface area contributed by atoms with Gasteiger partial charge in [0.05, 0.1) is 10.7 Å². The van der Waals surface area contributed by atoms with Gasteiger partial charge in [0.1, 0.15) is 0 Å². The predicted molar refractivity (Wildman–Crippen MR) is 72.7 cm³/mol. The molecule has 0 aromatic carbocycles. The highest BCUT2D eigenvalue weighted by Crippen LogP contribution is 2.18. The van der Waals surface area contributed by atoms with Crippen molar-refractivity contribution in [2.24, 2.45) is 4.99 Å². The Hall–Kier alpha value is -1.10. The van der Waals surface area contributed by atoms with Crippen molar-refractivity contribution in [2.75, 3.05) is 13.1 Å². The summed E-state index contributed by atoms with van der Waals surface area (Å²) < 4.78 is 0. The molecule has 0 saturated heterocycles. The highest BCUT2D eigenvalue weighted by atomic mass is 32.1. The second kappa shape index (κ2) is 6.00.